The molecule has 1 heterocycles. The van der Waals surface area contributed by atoms with Gasteiger partial charge in [-0.2, -0.15) is 5.26 Å². The van der Waals surface area contributed by atoms with E-state index in [2.05, 4.69) is 11.4 Å². The molecule has 1 aromatic rings. The van der Waals surface area contributed by atoms with Crippen molar-refractivity contribution >= 4 is 17.5 Å². The molecule has 1 aliphatic heterocycles. The first-order valence-corrected chi connectivity index (χ1v) is 6.82. The highest BCUT2D eigenvalue weighted by atomic mass is 16.6. The molecule has 0 saturated carbocycles. The lowest BCUT2D eigenvalue weighted by molar-refractivity contribution is 0.0105. The summed E-state index contributed by atoms with van der Waals surface area (Å²) in [6.45, 7) is 6.65. The number of carbonyl (C=O) groups is 1. The third kappa shape index (κ3) is 3.78. The van der Waals surface area contributed by atoms with Crippen molar-refractivity contribution in [3.63, 3.8) is 0 Å². The molecule has 1 aromatic carbocycles. The van der Waals surface area contributed by atoms with Crippen LogP contribution in [0.5, 0.6) is 0 Å². The summed E-state index contributed by atoms with van der Waals surface area (Å²) < 4.78 is 5.29. The maximum absolute atomic E-state index is 11.8. The van der Waals surface area contributed by atoms with E-state index in [1.165, 1.54) is 0 Å². The van der Waals surface area contributed by atoms with Gasteiger partial charge in [-0.25, -0.2) is 4.79 Å². The summed E-state index contributed by atoms with van der Waals surface area (Å²) >= 11 is 0. The topological polar surface area (TPSA) is 91.4 Å². The molecule has 2 rings (SSSR count). The highest BCUT2D eigenvalue weighted by Gasteiger charge is 2.33. The van der Waals surface area contributed by atoms with Crippen molar-refractivity contribution in [2.24, 2.45) is 0 Å². The second-order valence-corrected chi connectivity index (χ2v) is 6.14. The number of ether oxygens (including phenoxy) is 1. The maximum Gasteiger partial charge on any atom is 0.410 e. The van der Waals surface area contributed by atoms with Gasteiger partial charge in [-0.3, -0.25) is 0 Å². The van der Waals surface area contributed by atoms with Crippen LogP contribution in [0, 0.1) is 11.3 Å². The highest BCUT2D eigenvalue weighted by Crippen LogP contribution is 2.24. The van der Waals surface area contributed by atoms with Crippen LogP contribution < -0.4 is 11.1 Å². The van der Waals surface area contributed by atoms with Crippen LogP contribution in [0.1, 0.15) is 26.3 Å². The smallest absolute Gasteiger partial charge is 0.410 e. The van der Waals surface area contributed by atoms with Gasteiger partial charge in [0.15, 0.2) is 0 Å². The fourth-order valence-corrected chi connectivity index (χ4v) is 2.02. The van der Waals surface area contributed by atoms with Crippen molar-refractivity contribution in [2.75, 3.05) is 24.1 Å². The van der Waals surface area contributed by atoms with Crippen LogP contribution in [0.15, 0.2) is 18.2 Å². The van der Waals surface area contributed by atoms with E-state index in [9.17, 15) is 4.79 Å². The SMILES string of the molecule is CC(C)(C)OC(=O)N1CC(Nc2cc(C#N)ccc2N)C1. The van der Waals surface area contributed by atoms with Crippen LogP contribution >= 0.6 is 0 Å². The standard InChI is InChI=1S/C15H20N4O2/c1-15(2,3)21-14(20)19-8-11(9-19)18-13-6-10(7-16)4-5-12(13)17/h4-6,11,18H,8-9,17H2,1-3H3. The van der Waals surface area contributed by atoms with Gasteiger partial charge in [0.2, 0.25) is 0 Å². The zero-order chi connectivity index (χ0) is 15.6. The predicted octanol–water partition coefficient (Wildman–Crippen LogP) is 2.17. The van der Waals surface area contributed by atoms with Gasteiger partial charge >= 0.3 is 6.09 Å². The quantitative estimate of drug-likeness (QED) is 0.814. The minimum atomic E-state index is -0.485. The second kappa shape index (κ2) is 5.52. The van der Waals surface area contributed by atoms with Crippen molar-refractivity contribution in [3.8, 4) is 6.07 Å². The molecule has 112 valence electrons. The third-order valence-corrected chi connectivity index (χ3v) is 3.08. The van der Waals surface area contributed by atoms with Crippen molar-refractivity contribution in [3.05, 3.63) is 23.8 Å². The van der Waals surface area contributed by atoms with Crippen molar-refractivity contribution in [1.82, 2.24) is 4.90 Å². The van der Waals surface area contributed by atoms with Crippen LogP contribution in [-0.2, 0) is 4.74 Å². The van der Waals surface area contributed by atoms with Crippen LogP contribution in [0.3, 0.4) is 0 Å². The molecule has 1 fully saturated rings. The number of likely N-dealkylation sites (tertiary alicyclic amines) is 1. The molecule has 0 spiro atoms. The van der Waals surface area contributed by atoms with Gasteiger partial charge in [0.05, 0.1) is 29.0 Å². The van der Waals surface area contributed by atoms with Gasteiger partial charge in [-0.15, -0.1) is 0 Å². The Morgan fingerprint density at radius 2 is 2.14 bits per heavy atom. The molecule has 1 saturated heterocycles. The minimum absolute atomic E-state index is 0.119. The number of hydrogen-bond donors (Lipinski definition) is 2. The average molecular weight is 288 g/mol. The average Bonchev–Trinajstić information content (AvgIpc) is 2.32. The highest BCUT2D eigenvalue weighted by molar-refractivity contribution is 5.71. The van der Waals surface area contributed by atoms with E-state index in [0.717, 1.165) is 5.69 Å². The first kappa shape index (κ1) is 15.0. The van der Waals surface area contributed by atoms with Gasteiger partial charge < -0.3 is 20.7 Å². The van der Waals surface area contributed by atoms with E-state index in [0.29, 0.717) is 24.3 Å². The number of carbonyl (C=O) groups excluding carboxylic acids is 1. The molecule has 21 heavy (non-hydrogen) atoms. The molecule has 0 atom stereocenters. The number of nitrogens with one attached hydrogen (secondary N) is 1. The number of nitriles is 1. The molecule has 0 unspecified atom stereocenters. The molecular weight excluding hydrogens is 268 g/mol. The first-order valence-electron chi connectivity index (χ1n) is 6.82. The number of benzene rings is 1. The molecule has 1 aliphatic rings. The van der Waals surface area contributed by atoms with Crippen LogP contribution in [-0.4, -0.2) is 35.7 Å². The normalized spacial score (nSPS) is 15.0. The zero-order valence-corrected chi connectivity index (χ0v) is 12.5. The number of nitrogens with two attached hydrogens (primary N) is 1. The monoisotopic (exact) mass is 288 g/mol. The van der Waals surface area contributed by atoms with E-state index in [1.807, 2.05) is 20.8 Å². The van der Waals surface area contributed by atoms with E-state index in [4.69, 9.17) is 15.7 Å². The summed E-state index contributed by atoms with van der Waals surface area (Å²) in [4.78, 5) is 13.4. The molecule has 0 aliphatic carbocycles. The Labute approximate surface area is 124 Å². The van der Waals surface area contributed by atoms with Crippen molar-refractivity contribution in [1.29, 1.82) is 5.26 Å². The number of hydrogen-bond acceptors (Lipinski definition) is 5. The summed E-state index contributed by atoms with van der Waals surface area (Å²) in [6.07, 6.45) is -0.306. The largest absolute Gasteiger partial charge is 0.444 e. The summed E-state index contributed by atoms with van der Waals surface area (Å²) in [5, 5.41) is 12.1. The van der Waals surface area contributed by atoms with Gasteiger partial charge in [0, 0.05) is 13.1 Å². The lowest BCUT2D eigenvalue weighted by atomic mass is 10.1. The number of anilines is 2. The predicted molar refractivity (Wildman–Crippen MR) is 80.8 cm³/mol. The molecule has 3 N–H and O–H groups in total. The van der Waals surface area contributed by atoms with Gasteiger partial charge in [0.25, 0.3) is 0 Å². The zero-order valence-electron chi connectivity index (χ0n) is 12.5. The fourth-order valence-electron chi connectivity index (χ4n) is 2.02. The fraction of sp³-hybridized carbons (Fsp3) is 0.467. The number of rotatable bonds is 2. The van der Waals surface area contributed by atoms with Gasteiger partial charge in [0.1, 0.15) is 5.60 Å². The lowest BCUT2D eigenvalue weighted by Gasteiger charge is -2.40. The molecule has 6 nitrogen and oxygen atoms in total. The van der Waals surface area contributed by atoms with Gasteiger partial charge in [-0.1, -0.05) is 0 Å². The Morgan fingerprint density at radius 3 is 2.71 bits per heavy atom. The maximum atomic E-state index is 11.8. The second-order valence-electron chi connectivity index (χ2n) is 6.14. The van der Waals surface area contributed by atoms with Gasteiger partial charge in [-0.05, 0) is 39.0 Å². The van der Waals surface area contributed by atoms with E-state index in [1.54, 1.807) is 23.1 Å². The number of nitrogen functional groups attached to an aromatic ring is 1. The Balaban J connectivity index is 1.89. The molecule has 6 heteroatoms. The summed E-state index contributed by atoms with van der Waals surface area (Å²) in [5.74, 6) is 0. The molecule has 1 amide bonds. The summed E-state index contributed by atoms with van der Waals surface area (Å²) in [6, 6.07) is 7.28. The number of amides is 1. The Kier molecular flexibility index (Phi) is 3.94. The molecule has 0 aromatic heterocycles. The molecular formula is C15H20N4O2. The first-order chi connectivity index (χ1) is 9.78. The van der Waals surface area contributed by atoms with E-state index < -0.39 is 5.60 Å². The molecule has 0 radical (unpaired) electrons. The minimum Gasteiger partial charge on any atom is -0.444 e. The van der Waals surface area contributed by atoms with Crippen molar-refractivity contribution in [2.45, 2.75) is 32.4 Å². The Bertz CT molecular complexity index is 580. The van der Waals surface area contributed by atoms with Crippen LogP contribution in [0.2, 0.25) is 0 Å². The summed E-state index contributed by atoms with van der Waals surface area (Å²) in [7, 11) is 0. The van der Waals surface area contributed by atoms with E-state index in [-0.39, 0.29) is 12.1 Å². The van der Waals surface area contributed by atoms with Crippen LogP contribution in [0.25, 0.3) is 0 Å². The lowest BCUT2D eigenvalue weighted by Crippen LogP contribution is -2.58. The molecule has 0 bridgehead atoms. The number of nitrogens with zero attached hydrogens (tertiary/aromatic N) is 2. The van der Waals surface area contributed by atoms with E-state index >= 15 is 0 Å². The van der Waals surface area contributed by atoms with Crippen molar-refractivity contribution < 1.29 is 9.53 Å². The third-order valence-electron chi connectivity index (χ3n) is 3.08. The van der Waals surface area contributed by atoms with Crippen LogP contribution in [0.4, 0.5) is 16.2 Å². The Morgan fingerprint density at radius 1 is 1.48 bits per heavy atom. The Hall–Kier alpha value is -2.42. The summed E-state index contributed by atoms with van der Waals surface area (Å²) in [5.41, 5.74) is 7.25.